The molecule has 0 bridgehead atoms. The molecule has 1 aromatic carbocycles. The van der Waals surface area contributed by atoms with Crippen molar-refractivity contribution in [3.63, 3.8) is 0 Å². The maximum Gasteiger partial charge on any atom is 0.416 e. The number of carbonyl (C=O) groups is 2. The zero-order valence-electron chi connectivity index (χ0n) is 14.8. The summed E-state index contributed by atoms with van der Waals surface area (Å²) in [6.45, 7) is 0.453. The van der Waals surface area contributed by atoms with E-state index in [2.05, 4.69) is 15.7 Å². The van der Waals surface area contributed by atoms with Gasteiger partial charge in [-0.3, -0.25) is 14.3 Å². The van der Waals surface area contributed by atoms with Crippen LogP contribution < -0.4 is 10.6 Å². The summed E-state index contributed by atoms with van der Waals surface area (Å²) < 4.78 is 44.8. The van der Waals surface area contributed by atoms with Gasteiger partial charge in [0.25, 0.3) is 0 Å². The van der Waals surface area contributed by atoms with Gasteiger partial charge in [0.2, 0.25) is 11.8 Å². The highest BCUT2D eigenvalue weighted by Gasteiger charge is 2.30. The maximum absolute atomic E-state index is 12.7. The number of ether oxygens (including phenoxy) is 1. The molecule has 0 saturated carbocycles. The number of halogens is 3. The van der Waals surface area contributed by atoms with E-state index in [0.29, 0.717) is 12.3 Å². The van der Waals surface area contributed by atoms with E-state index in [-0.39, 0.29) is 30.7 Å². The van der Waals surface area contributed by atoms with E-state index in [1.54, 1.807) is 0 Å². The van der Waals surface area contributed by atoms with Crippen molar-refractivity contribution in [2.24, 2.45) is 0 Å². The zero-order valence-corrected chi connectivity index (χ0v) is 14.8. The highest BCUT2D eigenvalue weighted by atomic mass is 19.4. The second-order valence-corrected chi connectivity index (χ2v) is 6.44. The molecule has 1 fully saturated rings. The maximum atomic E-state index is 12.7. The minimum atomic E-state index is -4.49. The molecule has 2 N–H and O–H groups in total. The quantitative estimate of drug-likeness (QED) is 0.786. The molecule has 7 nitrogen and oxygen atoms in total. The Kier molecular flexibility index (Phi) is 5.98. The third kappa shape index (κ3) is 5.56. The standard InChI is InChI=1S/C18H19F3N4O3/c19-18(20,21)12-3-1-4-13(7-12)23-17(27)11-25-10-14(9-22-25)24-16(26)8-15-5-2-6-28-15/h1,3-4,7,9-10,15H,2,5-6,8,11H2,(H,23,27)(H,24,26)/t15-/m1/s1. The first kappa shape index (κ1) is 19.9. The molecule has 0 radical (unpaired) electrons. The van der Waals surface area contributed by atoms with Gasteiger partial charge in [-0.1, -0.05) is 6.07 Å². The topological polar surface area (TPSA) is 85.2 Å². The predicted octanol–water partition coefficient (Wildman–Crippen LogP) is 3.05. The van der Waals surface area contributed by atoms with Crippen LogP contribution in [0.2, 0.25) is 0 Å². The molecule has 2 heterocycles. The van der Waals surface area contributed by atoms with Crippen LogP contribution >= 0.6 is 0 Å². The lowest BCUT2D eigenvalue weighted by molar-refractivity contribution is -0.137. The van der Waals surface area contributed by atoms with Crippen LogP contribution in [0.1, 0.15) is 24.8 Å². The number of benzene rings is 1. The van der Waals surface area contributed by atoms with E-state index in [1.807, 2.05) is 0 Å². The van der Waals surface area contributed by atoms with Crippen LogP contribution in [-0.4, -0.2) is 34.3 Å². The lowest BCUT2D eigenvalue weighted by atomic mass is 10.2. The summed E-state index contributed by atoms with van der Waals surface area (Å²) in [5, 5.41) is 9.04. The van der Waals surface area contributed by atoms with Crippen LogP contribution in [0.4, 0.5) is 24.5 Å². The molecule has 0 spiro atoms. The number of nitrogens with one attached hydrogen (secondary N) is 2. The average Bonchev–Trinajstić information content (AvgIpc) is 3.26. The fourth-order valence-corrected chi connectivity index (χ4v) is 2.86. The van der Waals surface area contributed by atoms with Crippen molar-refractivity contribution >= 4 is 23.2 Å². The van der Waals surface area contributed by atoms with Crippen molar-refractivity contribution in [3.8, 4) is 0 Å². The SMILES string of the molecule is O=C(C[C@H]1CCCO1)Nc1cnn(CC(=O)Nc2cccc(C(F)(F)F)c2)c1. The monoisotopic (exact) mass is 396 g/mol. The summed E-state index contributed by atoms with van der Waals surface area (Å²) >= 11 is 0. The van der Waals surface area contributed by atoms with E-state index < -0.39 is 17.6 Å². The smallest absolute Gasteiger partial charge is 0.378 e. The van der Waals surface area contributed by atoms with E-state index in [0.717, 1.165) is 25.0 Å². The van der Waals surface area contributed by atoms with Crippen molar-refractivity contribution in [1.29, 1.82) is 0 Å². The van der Waals surface area contributed by atoms with Gasteiger partial charge >= 0.3 is 6.18 Å². The molecule has 1 aromatic heterocycles. The van der Waals surface area contributed by atoms with E-state index in [4.69, 9.17) is 4.74 Å². The summed E-state index contributed by atoms with van der Waals surface area (Å²) in [6, 6.07) is 4.37. The largest absolute Gasteiger partial charge is 0.416 e. The molecule has 3 rings (SSSR count). The van der Waals surface area contributed by atoms with Crippen LogP contribution in [0.15, 0.2) is 36.7 Å². The Labute approximate surface area is 158 Å². The van der Waals surface area contributed by atoms with Crippen LogP contribution in [0.3, 0.4) is 0 Å². The van der Waals surface area contributed by atoms with E-state index >= 15 is 0 Å². The first-order valence-corrected chi connectivity index (χ1v) is 8.70. The molecule has 1 aliphatic rings. The molecule has 2 amide bonds. The van der Waals surface area contributed by atoms with Crippen LogP contribution in [0.5, 0.6) is 0 Å². The number of anilines is 2. The minimum absolute atomic E-state index is 0.0390. The molecule has 0 unspecified atom stereocenters. The molecule has 1 atom stereocenters. The van der Waals surface area contributed by atoms with Gasteiger partial charge in [-0.15, -0.1) is 0 Å². The number of hydrogen-bond acceptors (Lipinski definition) is 4. The molecule has 1 aliphatic heterocycles. The number of hydrogen-bond donors (Lipinski definition) is 2. The van der Waals surface area contributed by atoms with Gasteiger partial charge in [-0.05, 0) is 31.0 Å². The van der Waals surface area contributed by atoms with Gasteiger partial charge in [0, 0.05) is 18.5 Å². The van der Waals surface area contributed by atoms with Gasteiger partial charge < -0.3 is 15.4 Å². The number of aromatic nitrogens is 2. The van der Waals surface area contributed by atoms with Crippen LogP contribution in [-0.2, 0) is 27.0 Å². The summed E-state index contributed by atoms with van der Waals surface area (Å²) in [6.07, 6.45) is 0.345. The summed E-state index contributed by atoms with van der Waals surface area (Å²) in [7, 11) is 0. The highest BCUT2D eigenvalue weighted by molar-refractivity contribution is 5.91. The Morgan fingerprint density at radius 2 is 2.00 bits per heavy atom. The number of alkyl halides is 3. The third-order valence-electron chi connectivity index (χ3n) is 4.13. The minimum Gasteiger partial charge on any atom is -0.378 e. The lowest BCUT2D eigenvalue weighted by Gasteiger charge is -2.10. The second-order valence-electron chi connectivity index (χ2n) is 6.44. The predicted molar refractivity (Wildman–Crippen MR) is 94.5 cm³/mol. The summed E-state index contributed by atoms with van der Waals surface area (Å²) in [5.41, 5.74) is -0.382. The van der Waals surface area contributed by atoms with Crippen molar-refractivity contribution in [1.82, 2.24) is 9.78 Å². The number of amides is 2. The normalized spacial score (nSPS) is 16.8. The fourth-order valence-electron chi connectivity index (χ4n) is 2.86. The highest BCUT2D eigenvalue weighted by Crippen LogP contribution is 2.30. The molecule has 150 valence electrons. The molecule has 28 heavy (non-hydrogen) atoms. The fraction of sp³-hybridized carbons (Fsp3) is 0.389. The molecular formula is C18H19F3N4O3. The zero-order chi connectivity index (χ0) is 20.1. The number of carbonyl (C=O) groups excluding carboxylic acids is 2. The Morgan fingerprint density at radius 3 is 2.71 bits per heavy atom. The number of nitrogens with zero attached hydrogens (tertiary/aromatic N) is 2. The van der Waals surface area contributed by atoms with E-state index in [1.165, 1.54) is 29.2 Å². The van der Waals surface area contributed by atoms with Gasteiger partial charge in [-0.2, -0.15) is 18.3 Å². The molecule has 0 aliphatic carbocycles. The Bertz CT molecular complexity index is 845. The third-order valence-corrected chi connectivity index (χ3v) is 4.13. The van der Waals surface area contributed by atoms with Gasteiger partial charge in [-0.25, -0.2) is 0 Å². The lowest BCUT2D eigenvalue weighted by Crippen LogP contribution is -2.20. The Morgan fingerprint density at radius 1 is 1.21 bits per heavy atom. The molecule has 1 saturated heterocycles. The first-order chi connectivity index (χ1) is 13.3. The molecular weight excluding hydrogens is 377 g/mol. The Balaban J connectivity index is 1.51. The van der Waals surface area contributed by atoms with Gasteiger partial charge in [0.05, 0.1) is 30.0 Å². The van der Waals surface area contributed by atoms with Crippen LogP contribution in [0.25, 0.3) is 0 Å². The van der Waals surface area contributed by atoms with Crippen LogP contribution in [0, 0.1) is 0 Å². The van der Waals surface area contributed by atoms with Gasteiger partial charge in [0.15, 0.2) is 0 Å². The van der Waals surface area contributed by atoms with Crippen molar-refractivity contribution in [2.45, 2.75) is 38.1 Å². The van der Waals surface area contributed by atoms with Crippen molar-refractivity contribution < 1.29 is 27.5 Å². The van der Waals surface area contributed by atoms with E-state index in [9.17, 15) is 22.8 Å². The summed E-state index contributed by atoms with van der Waals surface area (Å²) in [4.78, 5) is 24.0. The molecule has 2 aromatic rings. The summed E-state index contributed by atoms with van der Waals surface area (Å²) in [5.74, 6) is -0.750. The second kappa shape index (κ2) is 8.42. The first-order valence-electron chi connectivity index (χ1n) is 8.70. The average molecular weight is 396 g/mol. The molecule has 10 heteroatoms. The van der Waals surface area contributed by atoms with Crippen molar-refractivity contribution in [2.75, 3.05) is 17.2 Å². The van der Waals surface area contributed by atoms with Gasteiger partial charge in [0.1, 0.15) is 6.54 Å². The Hall–Kier alpha value is -2.88. The number of rotatable bonds is 6. The van der Waals surface area contributed by atoms with Crippen molar-refractivity contribution in [3.05, 3.63) is 42.2 Å².